The summed E-state index contributed by atoms with van der Waals surface area (Å²) in [6.07, 6.45) is 1.64. The summed E-state index contributed by atoms with van der Waals surface area (Å²) in [6, 6.07) is 0.724. The Balaban J connectivity index is 2.09. The van der Waals surface area contributed by atoms with E-state index in [9.17, 15) is 0 Å². The van der Waals surface area contributed by atoms with Gasteiger partial charge in [0.15, 0.2) is 0 Å². The molecule has 2 N–H and O–H groups in total. The fraction of sp³-hybridized carbons (Fsp3) is 0.700. The van der Waals surface area contributed by atoms with E-state index < -0.39 is 0 Å². The van der Waals surface area contributed by atoms with Crippen molar-refractivity contribution in [3.63, 3.8) is 0 Å². The van der Waals surface area contributed by atoms with E-state index >= 15 is 0 Å². The molecule has 0 radical (unpaired) electrons. The number of nitrogens with zero attached hydrogens (tertiary/aromatic N) is 2. The van der Waals surface area contributed by atoms with Gasteiger partial charge < -0.3 is 15.1 Å². The number of aromatic nitrogens is 1. The van der Waals surface area contributed by atoms with Gasteiger partial charge in [0, 0.05) is 19.6 Å². The molecule has 4 nitrogen and oxygen atoms in total. The molecule has 0 aliphatic carbocycles. The molecule has 2 atom stereocenters. The van der Waals surface area contributed by atoms with Crippen LogP contribution in [0, 0.1) is 11.8 Å². The minimum atomic E-state index is 0.447. The van der Waals surface area contributed by atoms with Gasteiger partial charge in [-0.2, -0.15) is 4.98 Å². The fourth-order valence-electron chi connectivity index (χ4n) is 1.82. The van der Waals surface area contributed by atoms with Crippen LogP contribution in [0.25, 0.3) is 0 Å². The van der Waals surface area contributed by atoms with E-state index in [0.29, 0.717) is 18.4 Å². The van der Waals surface area contributed by atoms with Gasteiger partial charge in [-0.1, -0.05) is 13.8 Å². The number of anilines is 1. The van der Waals surface area contributed by atoms with Gasteiger partial charge in [0.2, 0.25) is 0 Å². The summed E-state index contributed by atoms with van der Waals surface area (Å²) in [5.74, 6) is 1.42. The Labute approximate surface area is 84.1 Å². The monoisotopic (exact) mass is 195 g/mol. The highest BCUT2D eigenvalue weighted by Crippen LogP contribution is 2.26. The van der Waals surface area contributed by atoms with E-state index in [1.54, 1.807) is 6.26 Å². The molecule has 1 aliphatic heterocycles. The lowest BCUT2D eigenvalue weighted by molar-refractivity contribution is 0.494. The molecule has 1 fully saturated rings. The number of nitrogens with two attached hydrogens (primary N) is 1. The Kier molecular flexibility index (Phi) is 2.46. The van der Waals surface area contributed by atoms with Crippen molar-refractivity contribution in [1.29, 1.82) is 0 Å². The van der Waals surface area contributed by atoms with Crippen LogP contribution in [0.2, 0.25) is 0 Å². The molecule has 2 heterocycles. The molecule has 4 heteroatoms. The van der Waals surface area contributed by atoms with Crippen molar-refractivity contribution in [3.05, 3.63) is 12.0 Å². The Morgan fingerprint density at radius 3 is 2.64 bits per heavy atom. The molecule has 2 unspecified atom stereocenters. The molecule has 0 amide bonds. The van der Waals surface area contributed by atoms with Crippen LogP contribution in [0.3, 0.4) is 0 Å². The minimum absolute atomic E-state index is 0.447. The first-order valence-electron chi connectivity index (χ1n) is 5.10. The van der Waals surface area contributed by atoms with E-state index in [0.717, 1.165) is 24.8 Å². The molecule has 14 heavy (non-hydrogen) atoms. The molecule has 1 saturated heterocycles. The van der Waals surface area contributed by atoms with Crippen molar-refractivity contribution in [2.24, 2.45) is 17.6 Å². The molecule has 1 aliphatic rings. The van der Waals surface area contributed by atoms with Gasteiger partial charge in [0.25, 0.3) is 6.01 Å². The Bertz CT molecular complexity index is 300. The lowest BCUT2D eigenvalue weighted by Gasteiger charge is -2.11. The quantitative estimate of drug-likeness (QED) is 0.771. The molecule has 0 aromatic carbocycles. The number of hydrogen-bond donors (Lipinski definition) is 1. The Hall–Kier alpha value is -1.03. The first-order valence-corrected chi connectivity index (χ1v) is 5.10. The molecule has 1 aromatic rings. The Morgan fingerprint density at radius 1 is 1.50 bits per heavy atom. The molecule has 0 bridgehead atoms. The molecule has 1 aromatic heterocycles. The summed E-state index contributed by atoms with van der Waals surface area (Å²) in [4.78, 5) is 6.50. The highest BCUT2D eigenvalue weighted by Gasteiger charge is 2.28. The fourth-order valence-corrected chi connectivity index (χ4v) is 1.82. The second kappa shape index (κ2) is 3.61. The molecular weight excluding hydrogens is 178 g/mol. The topological polar surface area (TPSA) is 55.3 Å². The van der Waals surface area contributed by atoms with Gasteiger partial charge in [0.05, 0.1) is 5.69 Å². The zero-order valence-corrected chi connectivity index (χ0v) is 8.73. The van der Waals surface area contributed by atoms with Gasteiger partial charge in [-0.25, -0.2) is 0 Å². The highest BCUT2D eigenvalue weighted by atomic mass is 16.4. The zero-order chi connectivity index (χ0) is 10.1. The summed E-state index contributed by atoms with van der Waals surface area (Å²) >= 11 is 0. The second-order valence-electron chi connectivity index (χ2n) is 4.19. The van der Waals surface area contributed by atoms with Gasteiger partial charge >= 0.3 is 0 Å². The largest absolute Gasteiger partial charge is 0.432 e. The second-order valence-corrected chi connectivity index (χ2v) is 4.19. The SMILES string of the molecule is CC1CN(c2nc(CN)co2)CC1C. The lowest BCUT2D eigenvalue weighted by atomic mass is 10.0. The molecule has 2 rings (SSSR count). The standard InChI is InChI=1S/C10H17N3O/c1-7-4-13(5-8(7)2)10-12-9(3-11)6-14-10/h6-8H,3-5,11H2,1-2H3. The van der Waals surface area contributed by atoms with Crippen molar-refractivity contribution in [2.45, 2.75) is 20.4 Å². The van der Waals surface area contributed by atoms with Crippen molar-refractivity contribution in [1.82, 2.24) is 4.98 Å². The van der Waals surface area contributed by atoms with Crippen LogP contribution in [-0.2, 0) is 6.54 Å². The van der Waals surface area contributed by atoms with Gasteiger partial charge in [-0.05, 0) is 11.8 Å². The van der Waals surface area contributed by atoms with Crippen molar-refractivity contribution < 1.29 is 4.42 Å². The van der Waals surface area contributed by atoms with Gasteiger partial charge in [-0.3, -0.25) is 0 Å². The van der Waals surface area contributed by atoms with Crippen LogP contribution in [-0.4, -0.2) is 18.1 Å². The summed E-state index contributed by atoms with van der Waals surface area (Å²) in [6.45, 7) is 7.04. The van der Waals surface area contributed by atoms with Crippen LogP contribution < -0.4 is 10.6 Å². The van der Waals surface area contributed by atoms with E-state index in [4.69, 9.17) is 10.2 Å². The van der Waals surface area contributed by atoms with E-state index in [1.165, 1.54) is 0 Å². The van der Waals surface area contributed by atoms with Crippen LogP contribution in [0.4, 0.5) is 6.01 Å². The normalized spacial score (nSPS) is 27.2. The molecule has 0 spiro atoms. The summed E-state index contributed by atoms with van der Waals surface area (Å²) in [7, 11) is 0. The van der Waals surface area contributed by atoms with Crippen molar-refractivity contribution >= 4 is 6.01 Å². The minimum Gasteiger partial charge on any atom is -0.432 e. The van der Waals surface area contributed by atoms with Crippen LogP contribution in [0.15, 0.2) is 10.7 Å². The molecular formula is C10H17N3O. The molecule has 0 saturated carbocycles. The lowest BCUT2D eigenvalue weighted by Crippen LogP contribution is -2.19. The van der Waals surface area contributed by atoms with Crippen molar-refractivity contribution in [2.75, 3.05) is 18.0 Å². The highest BCUT2D eigenvalue weighted by molar-refractivity contribution is 5.29. The average Bonchev–Trinajstić information content (AvgIpc) is 2.74. The third-order valence-corrected chi connectivity index (χ3v) is 3.01. The Morgan fingerprint density at radius 2 is 2.14 bits per heavy atom. The van der Waals surface area contributed by atoms with E-state index in [1.807, 2.05) is 0 Å². The smallest absolute Gasteiger partial charge is 0.297 e. The first-order chi connectivity index (χ1) is 6.70. The summed E-state index contributed by atoms with van der Waals surface area (Å²) in [5, 5.41) is 0. The zero-order valence-electron chi connectivity index (χ0n) is 8.73. The maximum atomic E-state index is 5.48. The van der Waals surface area contributed by atoms with Crippen LogP contribution in [0.5, 0.6) is 0 Å². The number of rotatable bonds is 2. The van der Waals surface area contributed by atoms with E-state index in [2.05, 4.69) is 23.7 Å². The average molecular weight is 195 g/mol. The van der Waals surface area contributed by atoms with Crippen LogP contribution in [0.1, 0.15) is 19.5 Å². The third kappa shape index (κ3) is 1.62. The van der Waals surface area contributed by atoms with Gasteiger partial charge in [0.1, 0.15) is 6.26 Å². The third-order valence-electron chi connectivity index (χ3n) is 3.01. The van der Waals surface area contributed by atoms with Crippen molar-refractivity contribution in [3.8, 4) is 0 Å². The predicted molar refractivity (Wildman–Crippen MR) is 54.9 cm³/mol. The van der Waals surface area contributed by atoms with E-state index in [-0.39, 0.29) is 0 Å². The maximum absolute atomic E-state index is 5.48. The summed E-state index contributed by atoms with van der Waals surface area (Å²) < 4.78 is 5.37. The van der Waals surface area contributed by atoms with Crippen LogP contribution >= 0.6 is 0 Å². The number of oxazole rings is 1. The molecule has 78 valence electrons. The first kappa shape index (κ1) is 9.52. The maximum Gasteiger partial charge on any atom is 0.297 e. The van der Waals surface area contributed by atoms with Gasteiger partial charge in [-0.15, -0.1) is 0 Å². The summed E-state index contributed by atoms with van der Waals surface area (Å²) in [5.41, 5.74) is 6.30. The number of hydrogen-bond acceptors (Lipinski definition) is 4. The predicted octanol–water partition coefficient (Wildman–Crippen LogP) is 1.23.